The van der Waals surface area contributed by atoms with Gasteiger partial charge < -0.3 is 9.47 Å². The maximum Gasteiger partial charge on any atom is 0.234 e. The van der Waals surface area contributed by atoms with Crippen molar-refractivity contribution in [3.8, 4) is 23.3 Å². The van der Waals surface area contributed by atoms with Gasteiger partial charge in [-0.2, -0.15) is 4.72 Å². The summed E-state index contributed by atoms with van der Waals surface area (Å²) >= 11 is 0. The smallest absolute Gasteiger partial charge is 0.234 e. The Hall–Kier alpha value is -2.75. The lowest BCUT2D eigenvalue weighted by Gasteiger charge is -2.07. The van der Waals surface area contributed by atoms with E-state index in [4.69, 9.17) is 9.47 Å². The van der Waals surface area contributed by atoms with E-state index in [0.29, 0.717) is 11.5 Å². The molecule has 2 aromatic carbocycles. The Balaban J connectivity index is 1.79. The van der Waals surface area contributed by atoms with E-state index in [9.17, 15) is 8.42 Å². The third-order valence-corrected chi connectivity index (χ3v) is 4.41. The van der Waals surface area contributed by atoms with Crippen LogP contribution in [0.4, 0.5) is 0 Å². The van der Waals surface area contributed by atoms with E-state index in [1.165, 1.54) is 0 Å². The summed E-state index contributed by atoms with van der Waals surface area (Å²) < 4.78 is 36.8. The summed E-state index contributed by atoms with van der Waals surface area (Å²) in [7, 11) is -1.97. The van der Waals surface area contributed by atoms with Crippen LogP contribution in [0.1, 0.15) is 11.1 Å². The summed E-state index contributed by atoms with van der Waals surface area (Å²) in [5.41, 5.74) is 1.94. The van der Waals surface area contributed by atoms with Crippen molar-refractivity contribution >= 4 is 16.1 Å². The first-order valence-corrected chi connectivity index (χ1v) is 9.51. The summed E-state index contributed by atoms with van der Waals surface area (Å²) in [5, 5.41) is 1.13. The fraction of sp³-hybridized carbons (Fsp3) is 0.200. The molecule has 0 heterocycles. The molecular formula is C20H21NO4S. The van der Waals surface area contributed by atoms with Crippen LogP contribution >= 0.6 is 0 Å². The van der Waals surface area contributed by atoms with E-state index in [1.54, 1.807) is 25.3 Å². The quantitative estimate of drug-likeness (QED) is 0.760. The second kappa shape index (κ2) is 9.66. The number of methoxy groups -OCH3 is 1. The van der Waals surface area contributed by atoms with Crippen LogP contribution in [0.2, 0.25) is 0 Å². The van der Waals surface area contributed by atoms with E-state index in [0.717, 1.165) is 16.5 Å². The molecule has 0 fully saturated rings. The first-order chi connectivity index (χ1) is 12.5. The third kappa shape index (κ3) is 6.63. The van der Waals surface area contributed by atoms with Crippen molar-refractivity contribution < 1.29 is 17.9 Å². The summed E-state index contributed by atoms with van der Waals surface area (Å²) in [4.78, 5) is 0. The molecule has 2 aromatic rings. The van der Waals surface area contributed by atoms with Crippen molar-refractivity contribution in [1.29, 1.82) is 0 Å². The molecule has 0 aliphatic heterocycles. The van der Waals surface area contributed by atoms with E-state index < -0.39 is 10.0 Å². The summed E-state index contributed by atoms with van der Waals surface area (Å²) in [6, 6.07) is 14.8. The topological polar surface area (TPSA) is 64.6 Å². The molecule has 0 atom stereocenters. The SMILES string of the molecule is COc1ccccc1OCC#CCNS(=O)(=O)/C=C/c1ccc(C)cc1. The monoisotopic (exact) mass is 371 g/mol. The highest BCUT2D eigenvalue weighted by Gasteiger charge is 2.03. The van der Waals surface area contributed by atoms with Gasteiger partial charge in [0.05, 0.1) is 13.7 Å². The highest BCUT2D eigenvalue weighted by Crippen LogP contribution is 2.25. The van der Waals surface area contributed by atoms with Crippen LogP contribution in [0.25, 0.3) is 6.08 Å². The predicted octanol–water partition coefficient (Wildman–Crippen LogP) is 2.98. The number of hydrogen-bond acceptors (Lipinski definition) is 4. The van der Waals surface area contributed by atoms with Crippen molar-refractivity contribution in [2.45, 2.75) is 6.92 Å². The summed E-state index contributed by atoms with van der Waals surface area (Å²) in [6.45, 7) is 2.12. The van der Waals surface area contributed by atoms with E-state index in [2.05, 4.69) is 16.6 Å². The van der Waals surface area contributed by atoms with Gasteiger partial charge in [-0.1, -0.05) is 53.8 Å². The van der Waals surface area contributed by atoms with Crippen LogP contribution in [0, 0.1) is 18.8 Å². The highest BCUT2D eigenvalue weighted by atomic mass is 32.2. The van der Waals surface area contributed by atoms with Crippen molar-refractivity contribution in [2.24, 2.45) is 0 Å². The molecular weight excluding hydrogens is 350 g/mol. The summed E-state index contributed by atoms with van der Waals surface area (Å²) in [6.07, 6.45) is 1.54. The van der Waals surface area contributed by atoms with E-state index in [-0.39, 0.29) is 13.2 Å². The Morgan fingerprint density at radius 3 is 2.42 bits per heavy atom. The standard InChI is InChI=1S/C20H21NO4S/c1-17-9-11-18(12-10-17)13-16-26(22,23)21-14-5-6-15-25-20-8-4-3-7-19(20)24-2/h3-4,7-13,16,21H,14-15H2,1-2H3/b16-13+. The van der Waals surface area contributed by atoms with Gasteiger partial charge in [0.2, 0.25) is 10.0 Å². The molecule has 5 nitrogen and oxygen atoms in total. The van der Waals surface area contributed by atoms with Crippen molar-refractivity contribution in [3.63, 3.8) is 0 Å². The molecule has 26 heavy (non-hydrogen) atoms. The van der Waals surface area contributed by atoms with Gasteiger partial charge in [-0.25, -0.2) is 8.42 Å². The first-order valence-electron chi connectivity index (χ1n) is 7.96. The lowest BCUT2D eigenvalue weighted by atomic mass is 10.2. The number of aryl methyl sites for hydroxylation is 1. The number of nitrogens with one attached hydrogen (secondary N) is 1. The lowest BCUT2D eigenvalue weighted by molar-refractivity contribution is 0.331. The first kappa shape index (κ1) is 19.6. The van der Waals surface area contributed by atoms with Crippen LogP contribution in [-0.4, -0.2) is 28.7 Å². The Bertz CT molecular complexity index is 907. The largest absolute Gasteiger partial charge is 0.493 e. The molecule has 0 bridgehead atoms. The normalized spacial score (nSPS) is 11.0. The Morgan fingerprint density at radius 2 is 1.73 bits per heavy atom. The van der Waals surface area contributed by atoms with E-state index in [1.807, 2.05) is 43.3 Å². The Morgan fingerprint density at radius 1 is 1.04 bits per heavy atom. The number of para-hydroxylation sites is 2. The van der Waals surface area contributed by atoms with Gasteiger partial charge in [-0.3, -0.25) is 0 Å². The fourth-order valence-corrected chi connectivity index (χ4v) is 2.70. The number of hydrogen-bond donors (Lipinski definition) is 1. The van der Waals surface area contributed by atoms with Crippen molar-refractivity contribution in [2.75, 3.05) is 20.3 Å². The lowest BCUT2D eigenvalue weighted by Crippen LogP contribution is -2.21. The number of benzene rings is 2. The van der Waals surface area contributed by atoms with Crippen LogP contribution in [0.5, 0.6) is 11.5 Å². The van der Waals surface area contributed by atoms with Gasteiger partial charge in [-0.05, 0) is 30.7 Å². The molecule has 2 rings (SSSR count). The maximum atomic E-state index is 11.9. The van der Waals surface area contributed by atoms with Crippen molar-refractivity contribution in [3.05, 3.63) is 65.1 Å². The minimum absolute atomic E-state index is 0.00978. The minimum Gasteiger partial charge on any atom is -0.493 e. The van der Waals surface area contributed by atoms with Gasteiger partial charge >= 0.3 is 0 Å². The average Bonchev–Trinajstić information content (AvgIpc) is 2.64. The number of sulfonamides is 1. The summed E-state index contributed by atoms with van der Waals surface area (Å²) in [5.74, 6) is 6.68. The molecule has 6 heteroatoms. The molecule has 136 valence electrons. The Labute approximate surface area is 154 Å². The molecule has 1 N–H and O–H groups in total. The van der Waals surface area contributed by atoms with Crippen LogP contribution in [-0.2, 0) is 10.0 Å². The van der Waals surface area contributed by atoms with Gasteiger partial charge in [0, 0.05) is 5.41 Å². The predicted molar refractivity (Wildman–Crippen MR) is 103 cm³/mol. The van der Waals surface area contributed by atoms with Gasteiger partial charge in [0.15, 0.2) is 11.5 Å². The third-order valence-electron chi connectivity index (χ3n) is 3.37. The number of ether oxygens (including phenoxy) is 2. The second-order valence-corrected chi connectivity index (χ2v) is 7.02. The van der Waals surface area contributed by atoms with Crippen LogP contribution in [0.15, 0.2) is 53.9 Å². The van der Waals surface area contributed by atoms with Gasteiger partial charge in [-0.15, -0.1) is 0 Å². The molecule has 0 aromatic heterocycles. The molecule has 0 aliphatic rings. The number of rotatable bonds is 7. The van der Waals surface area contributed by atoms with Crippen LogP contribution in [0.3, 0.4) is 0 Å². The molecule has 0 amide bonds. The van der Waals surface area contributed by atoms with Crippen molar-refractivity contribution in [1.82, 2.24) is 4.72 Å². The Kier molecular flexibility index (Phi) is 7.27. The second-order valence-electron chi connectivity index (χ2n) is 5.37. The zero-order valence-corrected chi connectivity index (χ0v) is 15.5. The molecule has 0 aliphatic carbocycles. The average molecular weight is 371 g/mol. The molecule has 0 unspecified atom stereocenters. The fourth-order valence-electron chi connectivity index (χ4n) is 2.00. The zero-order valence-electron chi connectivity index (χ0n) is 14.7. The minimum atomic E-state index is -3.53. The van der Waals surface area contributed by atoms with Crippen LogP contribution < -0.4 is 14.2 Å². The van der Waals surface area contributed by atoms with Gasteiger partial charge in [0.1, 0.15) is 6.61 Å². The van der Waals surface area contributed by atoms with E-state index >= 15 is 0 Å². The molecule has 0 saturated heterocycles. The molecule has 0 saturated carbocycles. The zero-order chi connectivity index (χ0) is 18.8. The maximum absolute atomic E-state index is 11.9. The molecule has 0 radical (unpaired) electrons. The highest BCUT2D eigenvalue weighted by molar-refractivity contribution is 7.92. The molecule has 0 spiro atoms. The van der Waals surface area contributed by atoms with Gasteiger partial charge in [0.25, 0.3) is 0 Å².